The Morgan fingerprint density at radius 2 is 0.857 bits per heavy atom. The summed E-state index contributed by atoms with van der Waals surface area (Å²) in [5.41, 5.74) is 6.77. The summed E-state index contributed by atoms with van der Waals surface area (Å²) < 4.78 is 4.56. The molecule has 0 unspecified atom stereocenters. The van der Waals surface area contributed by atoms with Crippen molar-refractivity contribution in [2.75, 3.05) is 0 Å². The number of hydrogen-bond donors (Lipinski definition) is 0. The fraction of sp³-hybridized carbons (Fsp3) is 0.105. The minimum atomic E-state index is 0.0100. The Bertz CT molecular complexity index is 2060. The summed E-state index contributed by atoms with van der Waals surface area (Å²) in [6.07, 6.45) is 0. The fourth-order valence-corrected chi connectivity index (χ4v) is 6.24. The van der Waals surface area contributed by atoms with Gasteiger partial charge in [0.15, 0.2) is 5.82 Å². The Hall–Kier alpha value is -5.22. The highest BCUT2D eigenvalue weighted by Gasteiger charge is 2.20. The van der Waals surface area contributed by atoms with Gasteiger partial charge < -0.3 is 0 Å². The van der Waals surface area contributed by atoms with Gasteiger partial charge in [-0.25, -0.2) is 9.97 Å². The first-order chi connectivity index (χ1) is 20.5. The van der Waals surface area contributed by atoms with E-state index >= 15 is 0 Å². The quantitative estimate of drug-likeness (QED) is 0.223. The molecule has 202 valence electrons. The Labute approximate surface area is 244 Å². The second kappa shape index (κ2) is 9.15. The van der Waals surface area contributed by atoms with Crippen molar-refractivity contribution in [2.45, 2.75) is 26.2 Å². The molecule has 0 saturated carbocycles. The molecule has 0 aliphatic rings. The smallest absolute Gasteiger partial charge is 0.163 e. The number of aromatic nitrogens is 4. The lowest BCUT2D eigenvalue weighted by Crippen LogP contribution is -2.11. The molecule has 8 rings (SSSR count). The molecule has 0 radical (unpaired) electrons. The Balaban J connectivity index is 1.49. The van der Waals surface area contributed by atoms with Crippen molar-refractivity contribution in [3.05, 3.63) is 133 Å². The number of fused-ring (bicyclic) bond motifs is 6. The molecule has 0 N–H and O–H groups in total. The van der Waals surface area contributed by atoms with E-state index in [1.807, 2.05) is 0 Å². The zero-order valence-electron chi connectivity index (χ0n) is 23.9. The molecule has 0 aliphatic carbocycles. The topological polar surface area (TPSA) is 35.6 Å². The van der Waals surface area contributed by atoms with Crippen LogP contribution in [0.25, 0.3) is 66.6 Å². The molecule has 0 amide bonds. The molecule has 42 heavy (non-hydrogen) atoms. The number of rotatable bonds is 3. The van der Waals surface area contributed by atoms with Crippen LogP contribution in [-0.4, -0.2) is 19.1 Å². The summed E-state index contributed by atoms with van der Waals surface area (Å²) in [7, 11) is 0. The summed E-state index contributed by atoms with van der Waals surface area (Å²) in [6, 6.07) is 45.1. The van der Waals surface area contributed by atoms with Gasteiger partial charge in [0, 0.05) is 33.2 Å². The zero-order chi connectivity index (χ0) is 28.4. The van der Waals surface area contributed by atoms with Crippen LogP contribution in [0.2, 0.25) is 0 Å². The Kier molecular flexibility index (Phi) is 5.35. The lowest BCUT2D eigenvalue weighted by molar-refractivity contribution is 0.590. The third-order valence-electron chi connectivity index (χ3n) is 8.30. The summed E-state index contributed by atoms with van der Waals surface area (Å²) >= 11 is 0. The van der Waals surface area contributed by atoms with Crippen LogP contribution in [0.3, 0.4) is 0 Å². The normalized spacial score (nSPS) is 12.2. The number of nitrogens with zero attached hydrogens (tertiary/aromatic N) is 4. The van der Waals surface area contributed by atoms with Gasteiger partial charge in [-0.2, -0.15) is 0 Å². The highest BCUT2D eigenvalue weighted by atomic mass is 15.1. The van der Waals surface area contributed by atoms with E-state index in [0.717, 1.165) is 39.3 Å². The maximum Gasteiger partial charge on any atom is 0.163 e. The van der Waals surface area contributed by atoms with Gasteiger partial charge in [-0.1, -0.05) is 112 Å². The molecule has 5 aromatic carbocycles. The molecule has 0 bridgehead atoms. The Morgan fingerprint density at radius 1 is 0.452 bits per heavy atom. The van der Waals surface area contributed by atoms with E-state index in [-0.39, 0.29) is 5.41 Å². The van der Waals surface area contributed by atoms with Crippen LogP contribution in [-0.2, 0) is 5.41 Å². The van der Waals surface area contributed by atoms with E-state index in [1.54, 1.807) is 0 Å². The first kappa shape index (κ1) is 24.6. The SMILES string of the molecule is CC(C)(C)c1cccc(-c2nc(-n3c4ccccc4c4ccccc43)cc(-n3c4ccccc4c4ccccc43)n2)c1. The van der Waals surface area contributed by atoms with E-state index in [9.17, 15) is 0 Å². The molecule has 4 nitrogen and oxygen atoms in total. The van der Waals surface area contributed by atoms with E-state index in [2.05, 4.69) is 157 Å². The highest BCUT2D eigenvalue weighted by molar-refractivity contribution is 6.10. The van der Waals surface area contributed by atoms with Crippen LogP contribution in [0.15, 0.2) is 127 Å². The summed E-state index contributed by atoms with van der Waals surface area (Å²) in [5.74, 6) is 2.39. The largest absolute Gasteiger partial charge is 0.294 e. The monoisotopic (exact) mass is 542 g/mol. The maximum atomic E-state index is 5.28. The minimum absolute atomic E-state index is 0.0100. The number of benzene rings is 5. The van der Waals surface area contributed by atoms with Crippen molar-refractivity contribution >= 4 is 43.6 Å². The molecule has 3 heterocycles. The van der Waals surface area contributed by atoms with Gasteiger partial charge in [-0.3, -0.25) is 9.13 Å². The van der Waals surface area contributed by atoms with Crippen molar-refractivity contribution < 1.29 is 0 Å². The molecule has 0 aliphatic heterocycles. The second-order valence-electron chi connectivity index (χ2n) is 12.0. The molecule has 3 aromatic heterocycles. The number of para-hydroxylation sites is 4. The summed E-state index contributed by atoms with van der Waals surface area (Å²) in [6.45, 7) is 6.72. The average Bonchev–Trinajstić information content (AvgIpc) is 3.54. The van der Waals surface area contributed by atoms with Crippen LogP contribution in [0, 0.1) is 0 Å². The second-order valence-corrected chi connectivity index (χ2v) is 12.0. The molecular weight excluding hydrogens is 512 g/mol. The van der Waals surface area contributed by atoms with Crippen molar-refractivity contribution in [2.24, 2.45) is 0 Å². The molecule has 4 heteroatoms. The fourth-order valence-electron chi connectivity index (χ4n) is 6.24. The van der Waals surface area contributed by atoms with Gasteiger partial charge >= 0.3 is 0 Å². The van der Waals surface area contributed by atoms with Crippen LogP contribution in [0.5, 0.6) is 0 Å². The molecular formula is C38H30N4. The van der Waals surface area contributed by atoms with Crippen molar-refractivity contribution in [3.63, 3.8) is 0 Å². The molecule has 0 atom stereocenters. The maximum absolute atomic E-state index is 5.28. The third kappa shape index (κ3) is 3.76. The van der Waals surface area contributed by atoms with Gasteiger partial charge in [0.05, 0.1) is 22.1 Å². The van der Waals surface area contributed by atoms with E-state index in [4.69, 9.17) is 9.97 Å². The van der Waals surface area contributed by atoms with Gasteiger partial charge in [-0.05, 0) is 41.3 Å². The van der Waals surface area contributed by atoms with Gasteiger partial charge in [0.25, 0.3) is 0 Å². The van der Waals surface area contributed by atoms with Crippen molar-refractivity contribution in [1.82, 2.24) is 19.1 Å². The first-order valence-electron chi connectivity index (χ1n) is 14.4. The summed E-state index contributed by atoms with van der Waals surface area (Å²) in [5, 5.41) is 4.84. The molecule has 0 fully saturated rings. The van der Waals surface area contributed by atoms with Crippen LogP contribution < -0.4 is 0 Å². The van der Waals surface area contributed by atoms with Gasteiger partial charge in [0.1, 0.15) is 11.6 Å². The predicted molar refractivity (Wildman–Crippen MR) is 175 cm³/mol. The van der Waals surface area contributed by atoms with Crippen molar-refractivity contribution in [1.29, 1.82) is 0 Å². The first-order valence-corrected chi connectivity index (χ1v) is 14.4. The molecule has 8 aromatic rings. The highest BCUT2D eigenvalue weighted by Crippen LogP contribution is 2.35. The third-order valence-corrected chi connectivity index (χ3v) is 8.30. The predicted octanol–water partition coefficient (Wildman–Crippen LogP) is 9.64. The van der Waals surface area contributed by atoms with Crippen molar-refractivity contribution in [3.8, 4) is 23.0 Å². The van der Waals surface area contributed by atoms with Gasteiger partial charge in [0.2, 0.25) is 0 Å². The van der Waals surface area contributed by atoms with Crippen LogP contribution in [0.1, 0.15) is 26.3 Å². The number of hydrogen-bond acceptors (Lipinski definition) is 2. The standard InChI is InChI=1S/C38H30N4/c1-38(2,3)26-14-12-13-25(23-26)37-39-35(41-31-19-8-4-15-27(31)28-16-5-9-20-32(28)41)24-36(40-37)42-33-21-10-6-17-29(33)30-18-7-11-22-34(30)42/h4-24H,1-3H3. The Morgan fingerprint density at radius 3 is 1.26 bits per heavy atom. The molecule has 0 saturated heterocycles. The van der Waals surface area contributed by atoms with Gasteiger partial charge in [-0.15, -0.1) is 0 Å². The lowest BCUT2D eigenvalue weighted by Gasteiger charge is -2.20. The molecule has 0 spiro atoms. The van der Waals surface area contributed by atoms with E-state index < -0.39 is 0 Å². The van der Waals surface area contributed by atoms with Crippen LogP contribution >= 0.6 is 0 Å². The van der Waals surface area contributed by atoms with Crippen LogP contribution in [0.4, 0.5) is 0 Å². The zero-order valence-corrected chi connectivity index (χ0v) is 23.9. The summed E-state index contributed by atoms with van der Waals surface area (Å²) in [4.78, 5) is 10.6. The minimum Gasteiger partial charge on any atom is -0.294 e. The van der Waals surface area contributed by atoms with E-state index in [1.165, 1.54) is 27.1 Å². The van der Waals surface area contributed by atoms with E-state index in [0.29, 0.717) is 5.82 Å². The average molecular weight is 543 g/mol. The lowest BCUT2D eigenvalue weighted by atomic mass is 9.86.